The molecule has 0 aliphatic carbocycles. The van der Waals surface area contributed by atoms with Crippen LogP contribution < -0.4 is 11.1 Å². The van der Waals surface area contributed by atoms with Gasteiger partial charge in [0.25, 0.3) is 11.1 Å². The summed E-state index contributed by atoms with van der Waals surface area (Å²) in [5.41, 5.74) is 0.342. The number of carbonyl (C=O) groups is 1. The molecule has 0 saturated carbocycles. The molecule has 2 aromatic heterocycles. The number of para-hydroxylation sites is 1. The van der Waals surface area contributed by atoms with Crippen LogP contribution in [-0.2, 0) is 22.0 Å². The highest BCUT2D eigenvalue weighted by Gasteiger charge is 2.15. The van der Waals surface area contributed by atoms with Crippen LogP contribution in [-0.4, -0.2) is 37.6 Å². The molecule has 0 aliphatic rings. The van der Waals surface area contributed by atoms with Gasteiger partial charge in [-0.1, -0.05) is 41.2 Å². The van der Waals surface area contributed by atoms with Crippen LogP contribution in [0.25, 0.3) is 21.8 Å². The van der Waals surface area contributed by atoms with E-state index in [-0.39, 0.29) is 28.7 Å². The Hall–Kier alpha value is -3.53. The minimum atomic E-state index is -0.575. The van der Waals surface area contributed by atoms with E-state index in [9.17, 15) is 14.4 Å². The highest BCUT2D eigenvalue weighted by atomic mass is 32.2. The molecule has 4 aromatic rings. The van der Waals surface area contributed by atoms with E-state index >= 15 is 0 Å². The van der Waals surface area contributed by atoms with E-state index in [4.69, 9.17) is 4.74 Å². The van der Waals surface area contributed by atoms with Gasteiger partial charge in [-0.15, -0.1) is 5.10 Å². The summed E-state index contributed by atoms with van der Waals surface area (Å²) in [5, 5.41) is 9.10. The number of fused-ring (bicyclic) bond motifs is 2. The van der Waals surface area contributed by atoms with Crippen LogP contribution in [0.15, 0.2) is 63.3 Å². The first-order chi connectivity index (χ1) is 14.1. The zero-order valence-corrected chi connectivity index (χ0v) is 16.1. The van der Waals surface area contributed by atoms with Crippen molar-refractivity contribution in [2.24, 2.45) is 0 Å². The molecule has 10 heteroatoms. The third kappa shape index (κ3) is 3.61. The van der Waals surface area contributed by atoms with Gasteiger partial charge >= 0.3 is 5.97 Å². The Bertz CT molecular complexity index is 1350. The van der Waals surface area contributed by atoms with E-state index in [1.807, 2.05) is 0 Å². The second-order valence-corrected chi connectivity index (χ2v) is 6.98. The summed E-state index contributed by atoms with van der Waals surface area (Å²) in [7, 11) is 1.25. The summed E-state index contributed by atoms with van der Waals surface area (Å²) in [6, 6.07) is 13.8. The number of aromatic nitrogens is 5. The van der Waals surface area contributed by atoms with E-state index in [2.05, 4.69) is 15.3 Å². The largest absolute Gasteiger partial charge is 0.468 e. The molecule has 0 unspecified atom stereocenters. The van der Waals surface area contributed by atoms with Gasteiger partial charge in [0, 0.05) is 0 Å². The average Bonchev–Trinajstić information content (AvgIpc) is 2.75. The van der Waals surface area contributed by atoms with Crippen molar-refractivity contribution >= 4 is 39.5 Å². The molecule has 0 fully saturated rings. The normalized spacial score (nSPS) is 11.1. The van der Waals surface area contributed by atoms with Crippen LogP contribution in [0.3, 0.4) is 0 Å². The maximum atomic E-state index is 12.9. The number of hydrogen-bond acceptors (Lipinski definition) is 8. The monoisotopic (exact) mass is 409 g/mol. The van der Waals surface area contributed by atoms with Crippen LogP contribution >= 0.6 is 11.8 Å². The summed E-state index contributed by atoms with van der Waals surface area (Å²) in [6.07, 6.45) is 0. The fraction of sp³-hybridized carbons (Fsp3) is 0.158. The van der Waals surface area contributed by atoms with E-state index in [0.29, 0.717) is 21.8 Å². The SMILES string of the molecule is COC(=O)Cn1c(SCn2nnc3ccccc3c2=O)nc2ccccc2c1=O. The number of methoxy groups -OCH3 is 1. The fourth-order valence-corrected chi connectivity index (χ4v) is 3.69. The standard InChI is InChI=1S/C19H15N5O4S/c1-28-16(25)10-23-17(26)12-6-2-4-8-14(12)20-19(23)29-11-24-18(27)13-7-3-5-9-15(13)21-22-24/h2-9H,10-11H2,1H3. The van der Waals surface area contributed by atoms with E-state index in [0.717, 1.165) is 11.8 Å². The summed E-state index contributed by atoms with van der Waals surface area (Å²) in [6.45, 7) is -0.284. The zero-order valence-electron chi connectivity index (χ0n) is 15.3. The summed E-state index contributed by atoms with van der Waals surface area (Å²) >= 11 is 1.11. The van der Waals surface area contributed by atoms with Crippen molar-refractivity contribution in [3.8, 4) is 0 Å². The first kappa shape index (κ1) is 18.8. The summed E-state index contributed by atoms with van der Waals surface area (Å²) < 4.78 is 7.12. The molecule has 0 aliphatic heterocycles. The number of rotatable bonds is 5. The molecule has 9 nitrogen and oxygen atoms in total. The molecular weight excluding hydrogens is 394 g/mol. The van der Waals surface area contributed by atoms with Gasteiger partial charge in [-0.3, -0.25) is 19.0 Å². The lowest BCUT2D eigenvalue weighted by molar-refractivity contribution is -0.141. The Kier molecular flexibility index (Phi) is 5.09. The topological polar surface area (TPSA) is 109 Å². The fourth-order valence-electron chi connectivity index (χ4n) is 2.82. The van der Waals surface area contributed by atoms with Gasteiger partial charge in [-0.25, -0.2) is 4.98 Å². The van der Waals surface area contributed by atoms with Gasteiger partial charge in [0.1, 0.15) is 12.1 Å². The number of nitrogens with zero attached hydrogens (tertiary/aromatic N) is 5. The first-order valence-electron chi connectivity index (χ1n) is 8.60. The van der Waals surface area contributed by atoms with Gasteiger partial charge in [0.2, 0.25) is 0 Å². The maximum absolute atomic E-state index is 12.9. The van der Waals surface area contributed by atoms with Crippen LogP contribution in [0.5, 0.6) is 0 Å². The van der Waals surface area contributed by atoms with Gasteiger partial charge in [0.15, 0.2) is 5.16 Å². The lowest BCUT2D eigenvalue weighted by Gasteiger charge is -2.12. The molecule has 0 atom stereocenters. The number of carbonyl (C=O) groups excluding carboxylic acids is 1. The van der Waals surface area contributed by atoms with Crippen LogP contribution in [0.1, 0.15) is 0 Å². The second-order valence-electron chi connectivity index (χ2n) is 6.06. The molecular formula is C19H15N5O4S. The number of thioether (sulfide) groups is 1. The van der Waals surface area contributed by atoms with Crippen molar-refractivity contribution in [2.45, 2.75) is 17.6 Å². The minimum Gasteiger partial charge on any atom is -0.468 e. The summed E-state index contributed by atoms with van der Waals surface area (Å²) in [5.74, 6) is -0.503. The predicted octanol–water partition coefficient (Wildman–Crippen LogP) is 1.42. The van der Waals surface area contributed by atoms with Crippen molar-refractivity contribution in [1.29, 1.82) is 0 Å². The molecule has 146 valence electrons. The highest BCUT2D eigenvalue weighted by molar-refractivity contribution is 7.98. The highest BCUT2D eigenvalue weighted by Crippen LogP contribution is 2.19. The molecule has 4 rings (SSSR count). The summed E-state index contributed by atoms with van der Waals surface area (Å²) in [4.78, 5) is 41.8. The van der Waals surface area contributed by atoms with Gasteiger partial charge in [-0.05, 0) is 24.3 Å². The van der Waals surface area contributed by atoms with Crippen LogP contribution in [0, 0.1) is 0 Å². The van der Waals surface area contributed by atoms with Gasteiger partial charge < -0.3 is 4.74 Å². The van der Waals surface area contributed by atoms with Crippen molar-refractivity contribution < 1.29 is 9.53 Å². The molecule has 29 heavy (non-hydrogen) atoms. The maximum Gasteiger partial charge on any atom is 0.325 e. The van der Waals surface area contributed by atoms with E-state index in [1.54, 1.807) is 48.5 Å². The van der Waals surface area contributed by atoms with Gasteiger partial charge in [0.05, 0.1) is 29.3 Å². The van der Waals surface area contributed by atoms with Crippen molar-refractivity contribution in [3.63, 3.8) is 0 Å². The number of benzene rings is 2. The lowest BCUT2D eigenvalue weighted by atomic mass is 10.2. The Balaban J connectivity index is 1.74. The van der Waals surface area contributed by atoms with Gasteiger partial charge in [-0.2, -0.15) is 4.68 Å². The quantitative estimate of drug-likeness (QED) is 0.277. The van der Waals surface area contributed by atoms with Crippen LogP contribution in [0.2, 0.25) is 0 Å². The van der Waals surface area contributed by atoms with E-state index in [1.165, 1.54) is 16.4 Å². The molecule has 0 bridgehead atoms. The molecule has 0 N–H and O–H groups in total. The van der Waals surface area contributed by atoms with Crippen LogP contribution in [0.4, 0.5) is 0 Å². The Morgan fingerprint density at radius 3 is 2.38 bits per heavy atom. The molecule has 0 saturated heterocycles. The molecule has 0 spiro atoms. The smallest absolute Gasteiger partial charge is 0.325 e. The predicted molar refractivity (Wildman–Crippen MR) is 108 cm³/mol. The third-order valence-corrected chi connectivity index (χ3v) is 5.23. The lowest BCUT2D eigenvalue weighted by Crippen LogP contribution is -2.28. The first-order valence-corrected chi connectivity index (χ1v) is 9.59. The van der Waals surface area contributed by atoms with Crippen molar-refractivity contribution in [3.05, 3.63) is 69.2 Å². The average molecular weight is 409 g/mol. The van der Waals surface area contributed by atoms with E-state index < -0.39 is 5.97 Å². The minimum absolute atomic E-state index is 0.0720. The molecule has 2 aromatic carbocycles. The number of esters is 1. The number of hydrogen-bond donors (Lipinski definition) is 0. The molecule has 0 amide bonds. The Morgan fingerprint density at radius 1 is 1.00 bits per heavy atom. The number of ether oxygens (including phenoxy) is 1. The third-order valence-electron chi connectivity index (χ3n) is 4.29. The Morgan fingerprint density at radius 2 is 1.66 bits per heavy atom. The second kappa shape index (κ2) is 7.84. The molecule has 0 radical (unpaired) electrons. The zero-order chi connectivity index (χ0) is 20.4. The van der Waals surface area contributed by atoms with Crippen molar-refractivity contribution in [2.75, 3.05) is 7.11 Å². The van der Waals surface area contributed by atoms with Crippen molar-refractivity contribution in [1.82, 2.24) is 24.5 Å². The molecule has 2 heterocycles. The Labute approximate surface area is 167 Å².